The minimum atomic E-state index is -0.881. The van der Waals surface area contributed by atoms with E-state index in [1.54, 1.807) is 4.90 Å². The molecule has 0 bridgehead atoms. The van der Waals surface area contributed by atoms with Crippen molar-refractivity contribution >= 4 is 12.0 Å². The molecule has 114 valence electrons. The Morgan fingerprint density at radius 2 is 1.80 bits per heavy atom. The van der Waals surface area contributed by atoms with Crippen LogP contribution in [0.3, 0.4) is 0 Å². The number of nitrogens with zero attached hydrogens (tertiary/aromatic N) is 2. The molecule has 20 heavy (non-hydrogen) atoms. The summed E-state index contributed by atoms with van der Waals surface area (Å²) in [6.07, 6.45) is 5.64. The number of carboxylic acids is 1. The van der Waals surface area contributed by atoms with Gasteiger partial charge < -0.3 is 14.9 Å². The van der Waals surface area contributed by atoms with Crippen LogP contribution in [0.25, 0.3) is 0 Å². The molecule has 5 heteroatoms. The number of carbonyl (C=O) groups excluding carboxylic acids is 1. The Hall–Kier alpha value is -1.26. The maximum absolute atomic E-state index is 12.5. The lowest BCUT2D eigenvalue weighted by Gasteiger charge is -2.40. The molecule has 1 saturated carbocycles. The van der Waals surface area contributed by atoms with Gasteiger partial charge in [0.05, 0.1) is 0 Å². The van der Waals surface area contributed by atoms with Crippen molar-refractivity contribution in [2.45, 2.75) is 64.5 Å². The largest absolute Gasteiger partial charge is 0.480 e. The third kappa shape index (κ3) is 3.07. The third-order valence-corrected chi connectivity index (χ3v) is 4.94. The lowest BCUT2D eigenvalue weighted by atomic mass is 9.75. The van der Waals surface area contributed by atoms with Crippen LogP contribution in [0, 0.1) is 5.41 Å². The molecule has 1 aliphatic carbocycles. The predicted molar refractivity (Wildman–Crippen MR) is 76.6 cm³/mol. The zero-order valence-corrected chi connectivity index (χ0v) is 12.8. The summed E-state index contributed by atoms with van der Waals surface area (Å²) in [6, 6.07) is -0.491. The van der Waals surface area contributed by atoms with Gasteiger partial charge in [-0.15, -0.1) is 0 Å². The molecule has 0 unspecified atom stereocenters. The van der Waals surface area contributed by atoms with Gasteiger partial charge in [-0.05, 0) is 43.9 Å². The molecule has 5 nitrogen and oxygen atoms in total. The van der Waals surface area contributed by atoms with Crippen molar-refractivity contribution in [1.82, 2.24) is 9.80 Å². The number of hydrogen-bond donors (Lipinski definition) is 1. The van der Waals surface area contributed by atoms with Gasteiger partial charge in [-0.2, -0.15) is 0 Å². The van der Waals surface area contributed by atoms with E-state index in [1.165, 1.54) is 4.90 Å². The molecule has 1 atom stereocenters. The molecular formula is C15H26N2O3. The standard InChI is InChI=1S/C15H26N2O3/c1-15(2)8-6-11(7-9-15)16(3)14(20)17-10-4-5-12(17)13(18)19/h11-12H,4-10H2,1-3H3,(H,18,19)/t12-/m1/s1. The maximum Gasteiger partial charge on any atom is 0.326 e. The van der Waals surface area contributed by atoms with E-state index in [4.69, 9.17) is 0 Å². The Kier molecular flexibility index (Phi) is 4.25. The van der Waals surface area contributed by atoms with E-state index in [2.05, 4.69) is 13.8 Å². The molecule has 1 saturated heterocycles. The van der Waals surface area contributed by atoms with Crippen LogP contribution in [0.2, 0.25) is 0 Å². The van der Waals surface area contributed by atoms with Crippen molar-refractivity contribution in [3.8, 4) is 0 Å². The minimum absolute atomic E-state index is 0.111. The van der Waals surface area contributed by atoms with Gasteiger partial charge in [0.1, 0.15) is 6.04 Å². The number of urea groups is 1. The fourth-order valence-corrected chi connectivity index (χ4v) is 3.38. The molecular weight excluding hydrogens is 256 g/mol. The second-order valence-electron chi connectivity index (χ2n) is 6.98. The fraction of sp³-hybridized carbons (Fsp3) is 0.867. The normalized spacial score (nSPS) is 26.6. The third-order valence-electron chi connectivity index (χ3n) is 4.94. The summed E-state index contributed by atoms with van der Waals surface area (Å²) in [5.41, 5.74) is 0.373. The number of carboxylic acid groups (broad SMARTS) is 1. The fourth-order valence-electron chi connectivity index (χ4n) is 3.38. The van der Waals surface area contributed by atoms with E-state index >= 15 is 0 Å². The number of hydrogen-bond acceptors (Lipinski definition) is 2. The van der Waals surface area contributed by atoms with E-state index in [1.807, 2.05) is 7.05 Å². The van der Waals surface area contributed by atoms with Gasteiger partial charge in [-0.1, -0.05) is 13.8 Å². The molecule has 0 aromatic rings. The highest BCUT2D eigenvalue weighted by molar-refractivity contribution is 5.83. The highest BCUT2D eigenvalue weighted by Gasteiger charge is 2.38. The monoisotopic (exact) mass is 282 g/mol. The van der Waals surface area contributed by atoms with Crippen LogP contribution in [-0.4, -0.2) is 52.6 Å². The first-order valence-electron chi connectivity index (χ1n) is 7.58. The number of amides is 2. The smallest absolute Gasteiger partial charge is 0.326 e. The van der Waals surface area contributed by atoms with E-state index in [-0.39, 0.29) is 12.1 Å². The minimum Gasteiger partial charge on any atom is -0.480 e. The SMILES string of the molecule is CN(C(=O)N1CCC[C@@H]1C(=O)O)C1CCC(C)(C)CC1. The van der Waals surface area contributed by atoms with Crippen LogP contribution in [0.1, 0.15) is 52.4 Å². The van der Waals surface area contributed by atoms with Crippen LogP contribution < -0.4 is 0 Å². The lowest BCUT2D eigenvalue weighted by molar-refractivity contribution is -0.141. The molecule has 1 N–H and O–H groups in total. The van der Waals surface area contributed by atoms with Gasteiger partial charge in [0, 0.05) is 19.6 Å². The molecule has 0 spiro atoms. The summed E-state index contributed by atoms with van der Waals surface area (Å²) in [5.74, 6) is -0.881. The second-order valence-corrected chi connectivity index (χ2v) is 6.98. The van der Waals surface area contributed by atoms with Gasteiger partial charge in [-0.25, -0.2) is 9.59 Å². The average Bonchev–Trinajstić information content (AvgIpc) is 2.86. The van der Waals surface area contributed by atoms with Gasteiger partial charge in [0.15, 0.2) is 0 Å². The van der Waals surface area contributed by atoms with Crippen molar-refractivity contribution in [3.63, 3.8) is 0 Å². The van der Waals surface area contributed by atoms with Crippen molar-refractivity contribution < 1.29 is 14.7 Å². The second kappa shape index (κ2) is 5.62. The summed E-state index contributed by atoms with van der Waals surface area (Å²) in [7, 11) is 1.82. The average molecular weight is 282 g/mol. The molecule has 0 radical (unpaired) electrons. The molecule has 2 amide bonds. The van der Waals surface area contributed by atoms with Gasteiger partial charge in [0.25, 0.3) is 0 Å². The number of likely N-dealkylation sites (tertiary alicyclic amines) is 1. The van der Waals surface area contributed by atoms with Gasteiger partial charge in [0.2, 0.25) is 0 Å². The van der Waals surface area contributed by atoms with Gasteiger partial charge >= 0.3 is 12.0 Å². The Labute approximate surface area is 120 Å². The van der Waals surface area contributed by atoms with Crippen LogP contribution in [-0.2, 0) is 4.79 Å². The Bertz CT molecular complexity index is 385. The maximum atomic E-state index is 12.5. The zero-order valence-electron chi connectivity index (χ0n) is 12.8. The summed E-state index contributed by atoms with van der Waals surface area (Å²) in [4.78, 5) is 27.0. The van der Waals surface area contributed by atoms with E-state index in [0.717, 1.165) is 32.1 Å². The molecule has 2 fully saturated rings. The molecule has 0 aromatic heterocycles. The zero-order chi connectivity index (χ0) is 14.9. The van der Waals surface area contributed by atoms with E-state index in [0.29, 0.717) is 18.4 Å². The van der Waals surface area contributed by atoms with E-state index < -0.39 is 12.0 Å². The molecule has 1 aliphatic heterocycles. The summed E-state index contributed by atoms with van der Waals surface area (Å²) in [6.45, 7) is 5.11. The molecule has 2 aliphatic rings. The number of aliphatic carboxylic acids is 1. The van der Waals surface area contributed by atoms with Crippen molar-refractivity contribution in [3.05, 3.63) is 0 Å². The van der Waals surface area contributed by atoms with E-state index in [9.17, 15) is 14.7 Å². The lowest BCUT2D eigenvalue weighted by Crippen LogP contribution is -2.50. The number of carbonyl (C=O) groups is 2. The summed E-state index contributed by atoms with van der Waals surface area (Å²) in [5, 5.41) is 9.18. The first-order chi connectivity index (χ1) is 9.32. The van der Waals surface area contributed by atoms with Crippen molar-refractivity contribution in [2.75, 3.05) is 13.6 Å². The topological polar surface area (TPSA) is 60.9 Å². The van der Waals surface area contributed by atoms with Gasteiger partial charge in [-0.3, -0.25) is 0 Å². The summed E-state index contributed by atoms with van der Waals surface area (Å²) >= 11 is 0. The quantitative estimate of drug-likeness (QED) is 0.846. The molecule has 0 aromatic carbocycles. The Morgan fingerprint density at radius 3 is 2.35 bits per heavy atom. The highest BCUT2D eigenvalue weighted by atomic mass is 16.4. The van der Waals surface area contributed by atoms with Crippen LogP contribution in [0.5, 0.6) is 0 Å². The first-order valence-corrected chi connectivity index (χ1v) is 7.58. The molecule has 1 heterocycles. The van der Waals surface area contributed by atoms with Crippen molar-refractivity contribution in [1.29, 1.82) is 0 Å². The number of rotatable bonds is 2. The predicted octanol–water partition coefficient (Wildman–Crippen LogP) is 2.56. The Morgan fingerprint density at radius 1 is 1.20 bits per heavy atom. The molecule has 2 rings (SSSR count). The Balaban J connectivity index is 1.97. The van der Waals surface area contributed by atoms with Crippen LogP contribution in [0.4, 0.5) is 4.79 Å². The summed E-state index contributed by atoms with van der Waals surface area (Å²) < 4.78 is 0. The van der Waals surface area contributed by atoms with Crippen LogP contribution >= 0.6 is 0 Å². The first kappa shape index (κ1) is 15.1. The highest BCUT2D eigenvalue weighted by Crippen LogP contribution is 2.37. The van der Waals surface area contributed by atoms with Crippen LogP contribution in [0.15, 0.2) is 0 Å². The van der Waals surface area contributed by atoms with Crippen molar-refractivity contribution in [2.24, 2.45) is 5.41 Å².